The topological polar surface area (TPSA) is 101 Å². The van der Waals surface area contributed by atoms with Crippen LogP contribution in [0.15, 0.2) is 71.4 Å². The Morgan fingerprint density at radius 3 is 2.70 bits per heavy atom. The Balaban J connectivity index is 2.80. The van der Waals surface area contributed by atoms with Crippen molar-refractivity contribution >= 4 is 18.3 Å². The number of carbonyl (C=O) groups is 1. The second-order valence-electron chi connectivity index (χ2n) is 3.24. The first-order valence-corrected chi connectivity index (χ1v) is 5.66. The van der Waals surface area contributed by atoms with Gasteiger partial charge in [-0.1, -0.05) is 0 Å². The standard InChI is InChI=1S/C13H15N5O2/c14-13(19)12-2-4-15-5-6-16-7-8-17-9-11-20-10-1-3-18-12/h1-11,16-17H,(H2,14,19). The second kappa shape index (κ2) is 9.89. The zero-order valence-electron chi connectivity index (χ0n) is 10.6. The molecule has 0 radical (unpaired) electrons. The van der Waals surface area contributed by atoms with Crippen molar-refractivity contribution in [2.24, 2.45) is 15.7 Å². The predicted octanol–water partition coefficient (Wildman–Crippen LogP) is 0.634. The largest absolute Gasteiger partial charge is 0.471 e. The minimum atomic E-state index is -0.644. The summed E-state index contributed by atoms with van der Waals surface area (Å²) in [5.41, 5.74) is 5.26. The Morgan fingerprint density at radius 2 is 1.90 bits per heavy atom. The van der Waals surface area contributed by atoms with Crippen LogP contribution in [-0.2, 0) is 9.53 Å². The molecule has 4 N–H and O–H groups in total. The van der Waals surface area contributed by atoms with E-state index in [1.807, 2.05) is 0 Å². The number of nitrogens with two attached hydrogens (primary N) is 1. The first-order valence-electron chi connectivity index (χ1n) is 5.66. The predicted molar refractivity (Wildman–Crippen MR) is 78.2 cm³/mol. The van der Waals surface area contributed by atoms with Gasteiger partial charge in [0.05, 0.1) is 6.26 Å². The zero-order valence-corrected chi connectivity index (χ0v) is 10.6. The van der Waals surface area contributed by atoms with Crippen LogP contribution in [0, 0.1) is 0 Å². The molecule has 7 nitrogen and oxygen atoms in total. The fourth-order valence-corrected chi connectivity index (χ4v) is 0.973. The number of nitrogens with zero attached hydrogens (tertiary/aromatic N) is 2. The molecule has 0 aromatic heterocycles. The van der Waals surface area contributed by atoms with Crippen molar-refractivity contribution in [1.82, 2.24) is 10.6 Å². The number of hydrogen-bond acceptors (Lipinski definition) is 6. The number of amides is 1. The second-order valence-corrected chi connectivity index (χ2v) is 3.24. The highest BCUT2D eigenvalue weighted by Gasteiger charge is 1.98. The van der Waals surface area contributed by atoms with E-state index in [0.717, 1.165) is 0 Å². The molecule has 1 aliphatic rings. The highest BCUT2D eigenvalue weighted by molar-refractivity contribution is 5.97. The van der Waals surface area contributed by atoms with Gasteiger partial charge in [-0.05, 0) is 12.2 Å². The van der Waals surface area contributed by atoms with E-state index in [2.05, 4.69) is 20.6 Å². The average Bonchev–Trinajstić information content (AvgIpc) is 2.43. The number of hydrogen-bond donors (Lipinski definition) is 3. The van der Waals surface area contributed by atoms with Crippen LogP contribution in [0.4, 0.5) is 0 Å². The highest BCUT2D eigenvalue weighted by atomic mass is 16.5. The van der Waals surface area contributed by atoms with Crippen LogP contribution in [0.5, 0.6) is 0 Å². The van der Waals surface area contributed by atoms with Crippen LogP contribution in [-0.4, -0.2) is 18.3 Å². The van der Waals surface area contributed by atoms with Crippen molar-refractivity contribution in [2.75, 3.05) is 0 Å². The normalized spacial score (nSPS) is 15.7. The quantitative estimate of drug-likeness (QED) is 0.652. The van der Waals surface area contributed by atoms with Gasteiger partial charge in [0.15, 0.2) is 0 Å². The SMILES string of the molecule is NC(=O)C1=CC=NC=CNC=CNC=COC=CC=N1. The van der Waals surface area contributed by atoms with Crippen LogP contribution in [0.2, 0.25) is 0 Å². The molecule has 0 aromatic rings. The molecular formula is C13H15N5O2. The fourth-order valence-electron chi connectivity index (χ4n) is 0.973. The van der Waals surface area contributed by atoms with E-state index in [1.165, 1.54) is 43.3 Å². The minimum absolute atomic E-state index is 0.0844. The van der Waals surface area contributed by atoms with E-state index in [1.54, 1.807) is 24.8 Å². The van der Waals surface area contributed by atoms with Gasteiger partial charge in [-0.25, -0.2) is 0 Å². The van der Waals surface area contributed by atoms with Gasteiger partial charge >= 0.3 is 0 Å². The molecule has 0 atom stereocenters. The monoisotopic (exact) mass is 273 g/mol. The first-order chi connectivity index (χ1) is 9.80. The van der Waals surface area contributed by atoms with Crippen LogP contribution in [0.25, 0.3) is 0 Å². The molecule has 0 fully saturated rings. The Bertz CT molecular complexity index is 513. The zero-order chi connectivity index (χ0) is 14.5. The van der Waals surface area contributed by atoms with Crippen molar-refractivity contribution in [2.45, 2.75) is 0 Å². The molecule has 0 aromatic carbocycles. The molecule has 0 bridgehead atoms. The van der Waals surface area contributed by atoms with Gasteiger partial charge in [0, 0.05) is 43.4 Å². The van der Waals surface area contributed by atoms with Gasteiger partial charge in [0.2, 0.25) is 0 Å². The molecule has 7 heteroatoms. The molecule has 0 saturated carbocycles. The third-order valence-electron chi connectivity index (χ3n) is 1.80. The Hall–Kier alpha value is -3.09. The van der Waals surface area contributed by atoms with Crippen LogP contribution in [0.1, 0.15) is 0 Å². The smallest absolute Gasteiger partial charge is 0.267 e. The maximum atomic E-state index is 11.1. The lowest BCUT2D eigenvalue weighted by Crippen LogP contribution is -2.12. The van der Waals surface area contributed by atoms with Gasteiger partial charge in [0.25, 0.3) is 5.91 Å². The number of allylic oxidation sites excluding steroid dienone is 2. The summed E-state index contributed by atoms with van der Waals surface area (Å²) in [5, 5.41) is 5.69. The highest BCUT2D eigenvalue weighted by Crippen LogP contribution is 1.93. The summed E-state index contributed by atoms with van der Waals surface area (Å²) < 4.78 is 5.01. The molecule has 0 saturated heterocycles. The molecule has 0 unspecified atom stereocenters. The Labute approximate surface area is 116 Å². The van der Waals surface area contributed by atoms with E-state index in [0.29, 0.717) is 0 Å². The van der Waals surface area contributed by atoms with Gasteiger partial charge in [-0.2, -0.15) is 0 Å². The maximum Gasteiger partial charge on any atom is 0.267 e. The molecule has 104 valence electrons. The molecule has 1 amide bonds. The summed E-state index contributed by atoms with van der Waals surface area (Å²) in [6, 6.07) is 0. The number of nitrogens with one attached hydrogen (secondary N) is 2. The Kier molecular flexibility index (Phi) is 7.40. The van der Waals surface area contributed by atoms with Crippen molar-refractivity contribution in [3.63, 3.8) is 0 Å². The summed E-state index contributed by atoms with van der Waals surface area (Å²) in [7, 11) is 0. The number of carbonyl (C=O) groups excluding carboxylic acids is 1. The minimum Gasteiger partial charge on any atom is -0.471 e. The summed E-state index contributed by atoms with van der Waals surface area (Å²) in [4.78, 5) is 18.9. The van der Waals surface area contributed by atoms with Gasteiger partial charge in [0.1, 0.15) is 12.0 Å². The Morgan fingerprint density at radius 1 is 1.10 bits per heavy atom. The summed E-state index contributed by atoms with van der Waals surface area (Å²) in [6.45, 7) is 0. The van der Waals surface area contributed by atoms with E-state index in [9.17, 15) is 4.79 Å². The average molecular weight is 273 g/mol. The summed E-state index contributed by atoms with van der Waals surface area (Å²) in [5.74, 6) is -0.644. The number of primary amides is 1. The third kappa shape index (κ3) is 7.28. The fraction of sp³-hybridized carbons (Fsp3) is 0. The van der Waals surface area contributed by atoms with Crippen molar-refractivity contribution in [1.29, 1.82) is 0 Å². The summed E-state index contributed by atoms with van der Waals surface area (Å²) in [6.07, 6.45) is 16.6. The molecular weight excluding hydrogens is 258 g/mol. The molecule has 1 aliphatic heterocycles. The number of rotatable bonds is 1. The lowest BCUT2D eigenvalue weighted by atomic mass is 10.4. The van der Waals surface area contributed by atoms with E-state index >= 15 is 0 Å². The molecule has 1 rings (SSSR count). The van der Waals surface area contributed by atoms with Crippen LogP contribution in [0.3, 0.4) is 0 Å². The van der Waals surface area contributed by atoms with Crippen molar-refractivity contribution < 1.29 is 9.53 Å². The van der Waals surface area contributed by atoms with E-state index in [-0.39, 0.29) is 5.70 Å². The van der Waals surface area contributed by atoms with E-state index in [4.69, 9.17) is 10.5 Å². The van der Waals surface area contributed by atoms with Gasteiger partial charge < -0.3 is 21.1 Å². The third-order valence-corrected chi connectivity index (χ3v) is 1.80. The maximum absolute atomic E-state index is 11.1. The first kappa shape index (κ1) is 15.0. The lowest BCUT2D eigenvalue weighted by molar-refractivity contribution is -0.114. The lowest BCUT2D eigenvalue weighted by Gasteiger charge is -1.91. The van der Waals surface area contributed by atoms with Crippen LogP contribution < -0.4 is 16.4 Å². The van der Waals surface area contributed by atoms with E-state index < -0.39 is 5.91 Å². The summed E-state index contributed by atoms with van der Waals surface area (Å²) >= 11 is 0. The van der Waals surface area contributed by atoms with Crippen LogP contribution >= 0.6 is 0 Å². The molecule has 1 heterocycles. The van der Waals surface area contributed by atoms with Gasteiger partial charge in [-0.3, -0.25) is 14.8 Å². The molecule has 20 heavy (non-hydrogen) atoms. The number of ether oxygens (including phenoxy) is 1. The molecule has 0 spiro atoms. The van der Waals surface area contributed by atoms with Crippen molar-refractivity contribution in [3.05, 3.63) is 61.4 Å². The molecule has 0 aliphatic carbocycles. The van der Waals surface area contributed by atoms with Crippen molar-refractivity contribution in [3.8, 4) is 0 Å². The van der Waals surface area contributed by atoms with Gasteiger partial charge in [-0.15, -0.1) is 0 Å². The number of aliphatic imine (C=N–C) groups is 2.